The van der Waals surface area contributed by atoms with E-state index in [1.165, 1.54) is 6.26 Å². The Hall–Kier alpha value is -0.140. The van der Waals surface area contributed by atoms with Gasteiger partial charge in [0.15, 0.2) is 9.84 Å². The second-order valence-corrected chi connectivity index (χ2v) is 11.7. The van der Waals surface area contributed by atoms with Gasteiger partial charge < -0.3 is 0 Å². The molecule has 4 aliphatic rings. The van der Waals surface area contributed by atoms with E-state index in [4.69, 9.17) is 0 Å². The van der Waals surface area contributed by atoms with E-state index in [2.05, 4.69) is 4.72 Å². The second-order valence-electron chi connectivity index (χ2n) is 7.52. The highest BCUT2D eigenvalue weighted by Crippen LogP contribution is 2.51. The molecule has 0 spiro atoms. The third kappa shape index (κ3) is 3.15. The fourth-order valence-electron chi connectivity index (χ4n) is 4.07. The topological polar surface area (TPSA) is 80.3 Å². The molecule has 0 heterocycles. The predicted octanol–water partition coefficient (Wildman–Crippen LogP) is 1.45. The second kappa shape index (κ2) is 4.93. The molecule has 0 saturated heterocycles. The highest BCUT2D eigenvalue weighted by atomic mass is 32.2. The molecular formula is C14H25NO4S2. The van der Waals surface area contributed by atoms with E-state index in [0.29, 0.717) is 12.8 Å². The Morgan fingerprint density at radius 2 is 1.48 bits per heavy atom. The minimum atomic E-state index is -3.40. The van der Waals surface area contributed by atoms with Gasteiger partial charge in [0.05, 0.1) is 10.5 Å². The molecule has 5 nitrogen and oxygen atoms in total. The first-order valence-electron chi connectivity index (χ1n) is 7.83. The molecule has 4 rings (SSSR count). The normalized spacial score (nSPS) is 34.8. The molecule has 0 aromatic carbocycles. The van der Waals surface area contributed by atoms with Crippen LogP contribution in [0.5, 0.6) is 0 Å². The van der Waals surface area contributed by atoms with Crippen molar-refractivity contribution in [2.24, 2.45) is 11.3 Å². The molecule has 0 aromatic rings. The molecule has 2 bridgehead atoms. The van der Waals surface area contributed by atoms with Crippen LogP contribution in [0.1, 0.15) is 51.4 Å². The maximum atomic E-state index is 12.4. The van der Waals surface area contributed by atoms with Crippen molar-refractivity contribution in [3.05, 3.63) is 0 Å². The lowest BCUT2D eigenvalue weighted by Crippen LogP contribution is -2.45. The summed E-state index contributed by atoms with van der Waals surface area (Å²) in [5.41, 5.74) is -0.0532. The van der Waals surface area contributed by atoms with Gasteiger partial charge in [0.2, 0.25) is 10.0 Å². The lowest BCUT2D eigenvalue weighted by atomic mass is 9.62. The monoisotopic (exact) mass is 335 g/mol. The summed E-state index contributed by atoms with van der Waals surface area (Å²) >= 11 is 0. The first kappa shape index (κ1) is 15.7. The fourth-order valence-corrected chi connectivity index (χ4v) is 7.18. The minimum absolute atomic E-state index is 0.0485. The maximum Gasteiger partial charge on any atom is 0.212 e. The molecule has 4 saturated carbocycles. The molecule has 4 aliphatic carbocycles. The van der Waals surface area contributed by atoms with Crippen molar-refractivity contribution >= 4 is 19.9 Å². The number of rotatable bonds is 6. The van der Waals surface area contributed by atoms with Crippen LogP contribution in [-0.4, -0.2) is 40.1 Å². The average Bonchev–Trinajstić information content (AvgIpc) is 3.18. The summed E-state index contributed by atoms with van der Waals surface area (Å²) in [4.78, 5) is 0. The molecule has 0 aromatic heterocycles. The standard InChI is InChI=1S/C14H25NO4S2/c1-20(16,17)14(8-9-14)10-15-21(18,19)11-13-5-2-12(3-6-13)4-7-13/h12,15H,2-11H2,1H3. The number of nitrogens with one attached hydrogen (secondary N) is 1. The van der Waals surface area contributed by atoms with Crippen LogP contribution < -0.4 is 4.72 Å². The third-order valence-electron chi connectivity index (χ3n) is 5.95. The Balaban J connectivity index is 1.63. The van der Waals surface area contributed by atoms with E-state index in [0.717, 1.165) is 44.4 Å². The molecule has 0 unspecified atom stereocenters. The summed E-state index contributed by atoms with van der Waals surface area (Å²) in [6, 6.07) is 0. The van der Waals surface area contributed by atoms with Crippen LogP contribution in [0.3, 0.4) is 0 Å². The van der Waals surface area contributed by atoms with Crippen LogP contribution in [0.2, 0.25) is 0 Å². The van der Waals surface area contributed by atoms with E-state index >= 15 is 0 Å². The van der Waals surface area contributed by atoms with Crippen molar-refractivity contribution in [2.45, 2.75) is 56.1 Å². The molecule has 21 heavy (non-hydrogen) atoms. The Labute approximate surface area is 127 Å². The summed E-state index contributed by atoms with van der Waals surface area (Å²) < 4.78 is 49.9. The quantitative estimate of drug-likeness (QED) is 0.797. The van der Waals surface area contributed by atoms with Crippen LogP contribution in [0.25, 0.3) is 0 Å². The van der Waals surface area contributed by atoms with Gasteiger partial charge in [0.1, 0.15) is 0 Å². The van der Waals surface area contributed by atoms with E-state index < -0.39 is 24.6 Å². The van der Waals surface area contributed by atoms with Gasteiger partial charge in [-0.1, -0.05) is 0 Å². The Morgan fingerprint density at radius 1 is 0.952 bits per heavy atom. The predicted molar refractivity (Wildman–Crippen MR) is 82.2 cm³/mol. The zero-order valence-electron chi connectivity index (χ0n) is 12.6. The molecule has 0 radical (unpaired) electrons. The Bertz CT molecular complexity index is 598. The lowest BCUT2D eigenvalue weighted by Gasteiger charge is -2.46. The Morgan fingerprint density at radius 3 is 1.90 bits per heavy atom. The molecule has 7 heteroatoms. The van der Waals surface area contributed by atoms with Crippen LogP contribution >= 0.6 is 0 Å². The first-order valence-corrected chi connectivity index (χ1v) is 11.4. The average molecular weight is 335 g/mol. The Kier molecular flexibility index (Phi) is 3.69. The van der Waals surface area contributed by atoms with E-state index in [-0.39, 0.29) is 17.7 Å². The highest BCUT2D eigenvalue weighted by molar-refractivity contribution is 7.92. The summed E-state index contributed by atoms with van der Waals surface area (Å²) in [5.74, 6) is 0.981. The maximum absolute atomic E-state index is 12.4. The summed E-state index contributed by atoms with van der Waals surface area (Å²) in [6.45, 7) is 0.0485. The van der Waals surface area contributed by atoms with Gasteiger partial charge in [-0.25, -0.2) is 21.6 Å². The molecular weight excluding hydrogens is 310 g/mol. The summed E-state index contributed by atoms with van der Waals surface area (Å²) in [7, 11) is -6.58. The van der Waals surface area contributed by atoms with Crippen molar-refractivity contribution in [3.63, 3.8) is 0 Å². The minimum Gasteiger partial charge on any atom is -0.228 e. The van der Waals surface area contributed by atoms with Gasteiger partial charge in [-0.2, -0.15) is 0 Å². The van der Waals surface area contributed by atoms with Crippen molar-refractivity contribution < 1.29 is 16.8 Å². The summed E-state index contributed by atoms with van der Waals surface area (Å²) in [5, 5.41) is 0. The molecule has 0 atom stereocenters. The third-order valence-corrected chi connectivity index (χ3v) is 9.66. The van der Waals surface area contributed by atoms with Gasteiger partial charge in [0.25, 0.3) is 0 Å². The smallest absolute Gasteiger partial charge is 0.212 e. The van der Waals surface area contributed by atoms with Crippen LogP contribution in [0, 0.1) is 11.3 Å². The molecule has 0 amide bonds. The van der Waals surface area contributed by atoms with Crippen LogP contribution in [-0.2, 0) is 19.9 Å². The van der Waals surface area contributed by atoms with Gasteiger partial charge >= 0.3 is 0 Å². The number of sulfone groups is 1. The number of hydrogen-bond donors (Lipinski definition) is 1. The zero-order chi connectivity index (χ0) is 15.4. The van der Waals surface area contributed by atoms with Crippen molar-refractivity contribution in [1.29, 1.82) is 0 Å². The van der Waals surface area contributed by atoms with Crippen molar-refractivity contribution in [3.8, 4) is 0 Å². The van der Waals surface area contributed by atoms with E-state index in [1.54, 1.807) is 0 Å². The fraction of sp³-hybridized carbons (Fsp3) is 1.00. The molecule has 122 valence electrons. The SMILES string of the molecule is CS(=O)(=O)C1(CNS(=O)(=O)CC23CCC(CC2)CC3)CC1. The van der Waals surface area contributed by atoms with Crippen LogP contribution in [0.4, 0.5) is 0 Å². The van der Waals surface area contributed by atoms with Crippen LogP contribution in [0.15, 0.2) is 0 Å². The van der Waals surface area contributed by atoms with Gasteiger partial charge in [-0.3, -0.25) is 0 Å². The van der Waals surface area contributed by atoms with Crippen molar-refractivity contribution in [1.82, 2.24) is 4.72 Å². The largest absolute Gasteiger partial charge is 0.228 e. The number of fused-ring (bicyclic) bond motifs is 3. The molecule has 0 aliphatic heterocycles. The highest BCUT2D eigenvalue weighted by Gasteiger charge is 2.52. The van der Waals surface area contributed by atoms with E-state index in [1.807, 2.05) is 0 Å². The van der Waals surface area contributed by atoms with Gasteiger partial charge in [-0.15, -0.1) is 0 Å². The first-order chi connectivity index (χ1) is 9.66. The number of hydrogen-bond acceptors (Lipinski definition) is 4. The molecule has 1 N–H and O–H groups in total. The summed E-state index contributed by atoms with van der Waals surface area (Å²) in [6.07, 6.45) is 8.84. The lowest BCUT2D eigenvalue weighted by molar-refractivity contribution is 0.0858. The zero-order valence-corrected chi connectivity index (χ0v) is 14.2. The van der Waals surface area contributed by atoms with Gasteiger partial charge in [0, 0.05) is 12.8 Å². The van der Waals surface area contributed by atoms with Crippen molar-refractivity contribution in [2.75, 3.05) is 18.6 Å². The van der Waals surface area contributed by atoms with Gasteiger partial charge in [-0.05, 0) is 62.7 Å². The molecule has 4 fully saturated rings. The van der Waals surface area contributed by atoms with E-state index in [9.17, 15) is 16.8 Å². The number of sulfonamides is 1.